The van der Waals surface area contributed by atoms with Gasteiger partial charge in [-0.25, -0.2) is 8.42 Å². The summed E-state index contributed by atoms with van der Waals surface area (Å²) in [7, 11) is -4.40. The van der Waals surface area contributed by atoms with E-state index < -0.39 is 10.1 Å². The number of hydrogen-bond donors (Lipinski definition) is 0. The Morgan fingerprint density at radius 2 is 1.44 bits per heavy atom. The summed E-state index contributed by atoms with van der Waals surface area (Å²) in [6, 6.07) is 15.7. The molecule has 3 nitrogen and oxygen atoms in total. The third kappa shape index (κ3) is 3.93. The SMILES string of the molecule is O=S(=O)([O-])c1ccccc1Cc1ccccc1.[Na+]. The number of rotatable bonds is 3. The molecule has 5 heteroatoms. The first-order chi connectivity index (χ1) is 8.07. The Bertz CT molecular complexity index is 609. The zero-order valence-electron chi connectivity index (χ0n) is 10.0. The van der Waals surface area contributed by atoms with Gasteiger partial charge in [0.2, 0.25) is 0 Å². The smallest absolute Gasteiger partial charge is 0.744 e. The van der Waals surface area contributed by atoms with Crippen molar-refractivity contribution in [1.29, 1.82) is 0 Å². The third-order valence-electron chi connectivity index (χ3n) is 2.48. The van der Waals surface area contributed by atoms with E-state index in [0.29, 0.717) is 12.0 Å². The third-order valence-corrected chi connectivity index (χ3v) is 3.42. The van der Waals surface area contributed by atoms with Gasteiger partial charge < -0.3 is 4.55 Å². The fourth-order valence-electron chi connectivity index (χ4n) is 1.71. The summed E-state index contributed by atoms with van der Waals surface area (Å²) < 4.78 is 33.3. The minimum Gasteiger partial charge on any atom is -0.744 e. The Morgan fingerprint density at radius 3 is 2.06 bits per heavy atom. The van der Waals surface area contributed by atoms with Gasteiger partial charge in [0.05, 0.1) is 4.90 Å². The number of benzene rings is 2. The first-order valence-corrected chi connectivity index (χ1v) is 6.56. The predicted octanol–water partition coefficient (Wildman–Crippen LogP) is -0.814. The van der Waals surface area contributed by atoms with Gasteiger partial charge in [0.25, 0.3) is 0 Å². The molecule has 0 bridgehead atoms. The predicted molar refractivity (Wildman–Crippen MR) is 63.7 cm³/mol. The molecule has 2 aromatic rings. The van der Waals surface area contributed by atoms with Crippen molar-refractivity contribution in [3.05, 3.63) is 65.7 Å². The van der Waals surface area contributed by atoms with Crippen LogP contribution in [0.5, 0.6) is 0 Å². The molecular weight excluding hydrogens is 259 g/mol. The molecule has 0 amide bonds. The van der Waals surface area contributed by atoms with Crippen molar-refractivity contribution in [3.63, 3.8) is 0 Å². The van der Waals surface area contributed by atoms with Crippen LogP contribution in [0.2, 0.25) is 0 Å². The Kier molecular flexibility index (Phi) is 5.56. The Hall–Kier alpha value is -0.650. The van der Waals surface area contributed by atoms with Crippen molar-refractivity contribution < 1.29 is 42.5 Å². The van der Waals surface area contributed by atoms with Crippen molar-refractivity contribution in [3.8, 4) is 0 Å². The quantitative estimate of drug-likeness (QED) is 0.541. The summed E-state index contributed by atoms with van der Waals surface area (Å²) in [5.74, 6) is 0. The van der Waals surface area contributed by atoms with Crippen LogP contribution in [0.3, 0.4) is 0 Å². The first-order valence-electron chi connectivity index (χ1n) is 5.15. The molecule has 0 aliphatic heterocycles. The van der Waals surface area contributed by atoms with Gasteiger partial charge in [-0.2, -0.15) is 0 Å². The van der Waals surface area contributed by atoms with E-state index in [1.807, 2.05) is 30.3 Å². The van der Waals surface area contributed by atoms with E-state index in [9.17, 15) is 13.0 Å². The Labute approximate surface area is 129 Å². The summed E-state index contributed by atoms with van der Waals surface area (Å²) in [6.07, 6.45) is 0.443. The van der Waals surface area contributed by atoms with Crippen LogP contribution in [0, 0.1) is 0 Å². The van der Waals surface area contributed by atoms with Crippen LogP contribution in [0.15, 0.2) is 59.5 Å². The average Bonchev–Trinajstić information content (AvgIpc) is 2.30. The van der Waals surface area contributed by atoms with Gasteiger partial charge in [-0.3, -0.25) is 0 Å². The summed E-state index contributed by atoms with van der Waals surface area (Å²) >= 11 is 0. The standard InChI is InChI=1S/C13H12O3S.Na/c14-17(15,16)13-9-5-4-8-12(13)10-11-6-2-1-3-7-11;/h1-9H,10H2,(H,14,15,16);/q;+1/p-1. The summed E-state index contributed by atoms with van der Waals surface area (Å²) in [5, 5.41) is 0. The van der Waals surface area contributed by atoms with Crippen LogP contribution in [0.25, 0.3) is 0 Å². The maximum atomic E-state index is 11.1. The van der Waals surface area contributed by atoms with E-state index in [2.05, 4.69) is 0 Å². The molecule has 0 aromatic heterocycles. The van der Waals surface area contributed by atoms with Crippen LogP contribution in [-0.2, 0) is 16.5 Å². The molecule has 0 aliphatic carbocycles. The van der Waals surface area contributed by atoms with E-state index in [4.69, 9.17) is 0 Å². The van der Waals surface area contributed by atoms with Crippen molar-refractivity contribution in [1.82, 2.24) is 0 Å². The van der Waals surface area contributed by atoms with E-state index in [1.54, 1.807) is 18.2 Å². The molecule has 0 atom stereocenters. The molecule has 0 radical (unpaired) electrons. The molecule has 0 fully saturated rings. The van der Waals surface area contributed by atoms with E-state index in [0.717, 1.165) is 5.56 Å². The van der Waals surface area contributed by atoms with Gasteiger partial charge >= 0.3 is 29.6 Å². The second kappa shape index (κ2) is 6.50. The molecule has 88 valence electrons. The zero-order valence-corrected chi connectivity index (χ0v) is 12.9. The number of hydrogen-bond acceptors (Lipinski definition) is 3. The van der Waals surface area contributed by atoms with E-state index in [1.165, 1.54) is 6.07 Å². The molecule has 0 unspecified atom stereocenters. The van der Waals surface area contributed by atoms with Crippen molar-refractivity contribution >= 4 is 10.1 Å². The molecule has 0 heterocycles. The van der Waals surface area contributed by atoms with Gasteiger partial charge in [0.1, 0.15) is 10.1 Å². The second-order valence-corrected chi connectivity index (χ2v) is 5.07. The minimum absolute atomic E-state index is 0. The summed E-state index contributed by atoms with van der Waals surface area (Å²) in [4.78, 5) is -0.135. The molecule has 0 spiro atoms. The molecule has 0 aliphatic rings. The summed E-state index contributed by atoms with van der Waals surface area (Å²) in [6.45, 7) is 0. The van der Waals surface area contributed by atoms with Crippen LogP contribution < -0.4 is 29.6 Å². The molecule has 18 heavy (non-hydrogen) atoms. The fraction of sp³-hybridized carbons (Fsp3) is 0.0769. The normalized spacial score (nSPS) is 10.7. The maximum absolute atomic E-state index is 11.1. The van der Waals surface area contributed by atoms with Crippen LogP contribution in [0.4, 0.5) is 0 Å². The Morgan fingerprint density at radius 1 is 0.889 bits per heavy atom. The first kappa shape index (κ1) is 15.4. The van der Waals surface area contributed by atoms with Crippen LogP contribution in [-0.4, -0.2) is 13.0 Å². The van der Waals surface area contributed by atoms with Crippen LogP contribution >= 0.6 is 0 Å². The molecule has 0 saturated carbocycles. The fourth-order valence-corrected chi connectivity index (χ4v) is 2.42. The van der Waals surface area contributed by atoms with Crippen molar-refractivity contribution in [2.45, 2.75) is 11.3 Å². The van der Waals surface area contributed by atoms with Gasteiger partial charge in [-0.05, 0) is 23.6 Å². The van der Waals surface area contributed by atoms with E-state index >= 15 is 0 Å². The van der Waals surface area contributed by atoms with E-state index in [-0.39, 0.29) is 34.5 Å². The van der Waals surface area contributed by atoms with Gasteiger partial charge in [0, 0.05) is 0 Å². The van der Waals surface area contributed by atoms with Crippen LogP contribution in [0.1, 0.15) is 11.1 Å². The van der Waals surface area contributed by atoms with Gasteiger partial charge in [-0.15, -0.1) is 0 Å². The topological polar surface area (TPSA) is 57.2 Å². The molecule has 2 aromatic carbocycles. The minimum atomic E-state index is -4.40. The molecule has 2 rings (SSSR count). The van der Waals surface area contributed by atoms with Crippen molar-refractivity contribution in [2.75, 3.05) is 0 Å². The zero-order chi connectivity index (χ0) is 12.3. The maximum Gasteiger partial charge on any atom is 1.00 e. The van der Waals surface area contributed by atoms with Crippen molar-refractivity contribution in [2.24, 2.45) is 0 Å². The largest absolute Gasteiger partial charge is 1.00 e. The monoisotopic (exact) mass is 270 g/mol. The van der Waals surface area contributed by atoms with Gasteiger partial charge in [0.15, 0.2) is 0 Å². The Balaban J connectivity index is 0.00000162. The summed E-state index contributed by atoms with van der Waals surface area (Å²) in [5.41, 5.74) is 1.51. The van der Waals surface area contributed by atoms with Gasteiger partial charge in [-0.1, -0.05) is 48.5 Å². The molecule has 0 N–H and O–H groups in total. The average molecular weight is 270 g/mol. The molecule has 0 saturated heterocycles. The molecular formula is C13H11NaO3S. The second-order valence-electron chi connectivity index (χ2n) is 3.72.